The molecule has 2 N–H and O–H groups in total. The molecule has 112 valence electrons. The van der Waals surface area contributed by atoms with E-state index in [4.69, 9.17) is 5.26 Å². The van der Waals surface area contributed by atoms with E-state index >= 15 is 0 Å². The van der Waals surface area contributed by atoms with Crippen LogP contribution in [-0.4, -0.2) is 21.0 Å². The highest BCUT2D eigenvalue weighted by atomic mass is 16.1. The van der Waals surface area contributed by atoms with Gasteiger partial charge in [-0.15, -0.1) is 0 Å². The van der Waals surface area contributed by atoms with Crippen molar-refractivity contribution < 1.29 is 0 Å². The first kappa shape index (κ1) is 14.3. The minimum absolute atomic E-state index is 0.0996. The molecule has 0 radical (unpaired) electrons. The third-order valence-electron chi connectivity index (χ3n) is 4.07. The van der Waals surface area contributed by atoms with Crippen LogP contribution in [0.25, 0.3) is 0 Å². The van der Waals surface area contributed by atoms with E-state index in [1.807, 2.05) is 0 Å². The monoisotopic (exact) mass is 295 g/mol. The second kappa shape index (κ2) is 6.39. The molecule has 1 aliphatic rings. The number of nitrogens with one attached hydrogen (secondary N) is 2. The predicted molar refractivity (Wildman–Crippen MR) is 82.4 cm³/mol. The number of aromatic amines is 1. The highest BCUT2D eigenvalue weighted by molar-refractivity contribution is 5.51. The molecule has 2 aromatic rings. The van der Waals surface area contributed by atoms with Crippen LogP contribution in [0.4, 0.5) is 5.82 Å². The van der Waals surface area contributed by atoms with Gasteiger partial charge in [0, 0.05) is 30.4 Å². The Morgan fingerprint density at radius 3 is 2.73 bits per heavy atom. The van der Waals surface area contributed by atoms with E-state index in [-0.39, 0.29) is 5.56 Å². The molecular formula is C16H17N5O. The Morgan fingerprint density at radius 1 is 1.18 bits per heavy atom. The molecule has 0 unspecified atom stereocenters. The van der Waals surface area contributed by atoms with Crippen molar-refractivity contribution in [2.75, 3.05) is 5.32 Å². The summed E-state index contributed by atoms with van der Waals surface area (Å²) in [5.74, 6) is 1.73. The van der Waals surface area contributed by atoms with Crippen molar-refractivity contribution in [3.8, 4) is 6.07 Å². The topological polar surface area (TPSA) is 94.5 Å². The first-order valence-electron chi connectivity index (χ1n) is 7.43. The van der Waals surface area contributed by atoms with Crippen molar-refractivity contribution in [3.63, 3.8) is 0 Å². The Bertz CT molecular complexity index is 740. The smallest absolute Gasteiger partial charge is 0.250 e. The zero-order valence-electron chi connectivity index (χ0n) is 12.1. The fraction of sp³-hybridized carbons (Fsp3) is 0.375. The molecule has 1 aliphatic carbocycles. The summed E-state index contributed by atoms with van der Waals surface area (Å²) in [5, 5.41) is 12.5. The summed E-state index contributed by atoms with van der Waals surface area (Å²) < 4.78 is 0. The van der Waals surface area contributed by atoms with Gasteiger partial charge in [-0.1, -0.05) is 0 Å². The Kier molecular flexibility index (Phi) is 4.15. The van der Waals surface area contributed by atoms with Gasteiger partial charge in [0.2, 0.25) is 0 Å². The highest BCUT2D eigenvalue weighted by Crippen LogP contribution is 2.31. The first-order valence-corrected chi connectivity index (χ1v) is 7.43. The van der Waals surface area contributed by atoms with Crippen molar-refractivity contribution in [1.29, 1.82) is 5.26 Å². The van der Waals surface area contributed by atoms with Crippen LogP contribution in [0, 0.1) is 11.3 Å². The van der Waals surface area contributed by atoms with Crippen LogP contribution in [0.3, 0.4) is 0 Å². The molecular weight excluding hydrogens is 278 g/mol. The van der Waals surface area contributed by atoms with Gasteiger partial charge in [0.1, 0.15) is 17.7 Å². The number of hydrogen-bond acceptors (Lipinski definition) is 5. The molecule has 3 rings (SSSR count). The third kappa shape index (κ3) is 3.14. The van der Waals surface area contributed by atoms with Crippen LogP contribution in [0.2, 0.25) is 0 Å². The van der Waals surface area contributed by atoms with Crippen LogP contribution in [0.15, 0.2) is 35.4 Å². The van der Waals surface area contributed by atoms with Crippen LogP contribution < -0.4 is 10.9 Å². The van der Waals surface area contributed by atoms with Gasteiger partial charge in [0.15, 0.2) is 0 Å². The third-order valence-corrected chi connectivity index (χ3v) is 4.07. The van der Waals surface area contributed by atoms with Crippen LogP contribution in [0.5, 0.6) is 0 Å². The maximum atomic E-state index is 11.4. The second-order valence-corrected chi connectivity index (χ2v) is 5.52. The van der Waals surface area contributed by atoms with Crippen LogP contribution >= 0.6 is 0 Å². The van der Waals surface area contributed by atoms with Crippen molar-refractivity contribution in [3.05, 3.63) is 52.3 Å². The van der Waals surface area contributed by atoms with Crippen LogP contribution in [-0.2, 0) is 0 Å². The minimum atomic E-state index is -0.0996. The van der Waals surface area contributed by atoms with E-state index in [9.17, 15) is 4.79 Å². The van der Waals surface area contributed by atoms with Crippen LogP contribution in [0.1, 0.15) is 43.0 Å². The lowest BCUT2D eigenvalue weighted by molar-refractivity contribution is 0.399. The van der Waals surface area contributed by atoms with Crippen molar-refractivity contribution in [1.82, 2.24) is 15.0 Å². The molecule has 0 bridgehead atoms. The average molecular weight is 295 g/mol. The Hall–Kier alpha value is -2.68. The van der Waals surface area contributed by atoms with E-state index in [1.54, 1.807) is 24.5 Å². The normalized spacial score (nSPS) is 21.0. The number of pyridine rings is 1. The maximum absolute atomic E-state index is 11.4. The number of nitriles is 1. The zero-order chi connectivity index (χ0) is 15.4. The lowest BCUT2D eigenvalue weighted by Gasteiger charge is -2.28. The predicted octanol–water partition coefficient (Wildman–Crippen LogP) is 2.17. The molecule has 0 spiro atoms. The summed E-state index contributed by atoms with van der Waals surface area (Å²) in [6.07, 6.45) is 7.09. The van der Waals surface area contributed by atoms with Crippen molar-refractivity contribution >= 4 is 5.82 Å². The van der Waals surface area contributed by atoms with Gasteiger partial charge in [0.05, 0.1) is 5.56 Å². The van der Waals surface area contributed by atoms with E-state index in [1.165, 1.54) is 6.07 Å². The molecule has 2 heterocycles. The quantitative estimate of drug-likeness (QED) is 0.905. The number of nitrogens with zero attached hydrogens (tertiary/aromatic N) is 3. The summed E-state index contributed by atoms with van der Waals surface area (Å²) in [7, 11) is 0. The van der Waals surface area contributed by atoms with Gasteiger partial charge >= 0.3 is 0 Å². The summed E-state index contributed by atoms with van der Waals surface area (Å²) in [6.45, 7) is 0. The second-order valence-electron chi connectivity index (χ2n) is 5.52. The minimum Gasteiger partial charge on any atom is -0.366 e. The molecule has 1 fully saturated rings. The van der Waals surface area contributed by atoms with Gasteiger partial charge < -0.3 is 10.3 Å². The molecule has 0 saturated heterocycles. The molecule has 6 heteroatoms. The van der Waals surface area contributed by atoms with Gasteiger partial charge in [-0.05, 0) is 37.8 Å². The zero-order valence-corrected chi connectivity index (χ0v) is 12.1. The van der Waals surface area contributed by atoms with E-state index in [0.29, 0.717) is 23.3 Å². The first-order chi connectivity index (χ1) is 10.8. The molecule has 0 amide bonds. The summed E-state index contributed by atoms with van der Waals surface area (Å²) in [5.41, 5.74) is 0.469. The number of hydrogen-bond donors (Lipinski definition) is 2. The standard InChI is InChI=1S/C16H17N5O/c17-10-12-2-1-8-18-16(12)20-13-5-3-11(4-6-13)15-19-9-7-14(22)21-15/h1-2,7-9,11,13H,3-6H2,(H,18,20)(H,19,21,22). The fourth-order valence-electron chi connectivity index (χ4n) is 2.91. The maximum Gasteiger partial charge on any atom is 0.250 e. The van der Waals surface area contributed by atoms with E-state index in [2.05, 4.69) is 26.3 Å². The molecule has 1 saturated carbocycles. The van der Waals surface area contributed by atoms with Gasteiger partial charge in [0.25, 0.3) is 5.56 Å². The Balaban J connectivity index is 1.63. The number of aromatic nitrogens is 3. The Morgan fingerprint density at radius 2 is 2.00 bits per heavy atom. The van der Waals surface area contributed by atoms with E-state index < -0.39 is 0 Å². The highest BCUT2D eigenvalue weighted by Gasteiger charge is 2.24. The lowest BCUT2D eigenvalue weighted by atomic mass is 9.85. The number of rotatable bonds is 3. The molecule has 0 aliphatic heterocycles. The van der Waals surface area contributed by atoms with Gasteiger partial charge in [-0.25, -0.2) is 9.97 Å². The van der Waals surface area contributed by atoms with E-state index in [0.717, 1.165) is 31.5 Å². The molecule has 22 heavy (non-hydrogen) atoms. The summed E-state index contributed by atoms with van der Waals surface area (Å²) >= 11 is 0. The van der Waals surface area contributed by atoms with Gasteiger partial charge in [-0.2, -0.15) is 5.26 Å². The van der Waals surface area contributed by atoms with Crippen molar-refractivity contribution in [2.24, 2.45) is 0 Å². The summed E-state index contributed by atoms with van der Waals surface area (Å²) in [6, 6.07) is 7.41. The largest absolute Gasteiger partial charge is 0.366 e. The number of H-pyrrole nitrogens is 1. The Labute approximate surface area is 128 Å². The fourth-order valence-corrected chi connectivity index (χ4v) is 2.91. The number of anilines is 1. The van der Waals surface area contributed by atoms with Gasteiger partial charge in [-0.3, -0.25) is 4.79 Å². The summed E-state index contributed by atoms with van der Waals surface area (Å²) in [4.78, 5) is 22.7. The lowest BCUT2D eigenvalue weighted by Crippen LogP contribution is -2.27. The molecule has 2 aromatic heterocycles. The SMILES string of the molecule is N#Cc1cccnc1NC1CCC(c2nccc(=O)[nH]2)CC1. The molecule has 0 aromatic carbocycles. The average Bonchev–Trinajstić information content (AvgIpc) is 2.56. The molecule has 6 nitrogen and oxygen atoms in total. The molecule has 0 atom stereocenters. The van der Waals surface area contributed by atoms with Crippen molar-refractivity contribution in [2.45, 2.75) is 37.6 Å².